The van der Waals surface area contributed by atoms with Gasteiger partial charge in [0.2, 0.25) is 88.6 Å². The fraction of sp³-hybridized carbons (Fsp3) is 0.657. The van der Waals surface area contributed by atoms with Gasteiger partial charge in [0.1, 0.15) is 84.6 Å². The highest BCUT2D eigenvalue weighted by molar-refractivity contribution is 6.00. The van der Waals surface area contributed by atoms with Gasteiger partial charge in [-0.25, -0.2) is 4.79 Å². The molecule has 0 spiro atoms. The zero-order valence-corrected chi connectivity index (χ0v) is 65.2. The van der Waals surface area contributed by atoms with Crippen molar-refractivity contribution in [1.29, 1.82) is 5.41 Å². The Morgan fingerprint density at radius 2 is 0.728 bits per heavy atom. The summed E-state index contributed by atoms with van der Waals surface area (Å²) in [6.07, 6.45) is -2.56. The van der Waals surface area contributed by atoms with Crippen molar-refractivity contribution in [2.45, 2.75) is 241 Å². The molecule has 44 heteroatoms. The number of nitrogens with two attached hydrogens (primary N) is 6. The zero-order chi connectivity index (χ0) is 86.3. The highest BCUT2D eigenvalue weighted by atomic mass is 16.4. The number of amides is 15. The van der Waals surface area contributed by atoms with Gasteiger partial charge in [0.25, 0.3) is 0 Å². The van der Waals surface area contributed by atoms with Gasteiger partial charge in [0, 0.05) is 25.8 Å². The largest absolute Gasteiger partial charge is 0.481 e. The number of benzene rings is 1. The number of nitrogens with one attached hydrogen (secondary N) is 16. The summed E-state index contributed by atoms with van der Waals surface area (Å²) in [5, 5.41) is 94.3. The summed E-state index contributed by atoms with van der Waals surface area (Å²) in [7, 11) is 0. The first-order valence-corrected chi connectivity index (χ1v) is 37.6. The van der Waals surface area contributed by atoms with Gasteiger partial charge in [-0.3, -0.25) is 82.1 Å². The monoisotopic (exact) mass is 1620 g/mol. The molecule has 0 aromatic heterocycles. The first-order chi connectivity index (χ1) is 53.8. The van der Waals surface area contributed by atoms with Crippen LogP contribution in [0.4, 0.5) is 0 Å². The molecule has 33 N–H and O–H groups in total. The highest BCUT2D eigenvalue weighted by Gasteiger charge is 2.38. The SMILES string of the molecule is CC(C)C[C@H](NC(=O)[C@H](CCCCN)NC(=O)[C@H](C)NC(=O)[C@H](C)NC(=O)[C@H](CO)NC(=O)[C@@H](NC(=O)[C@H](CCC(=O)O)NC(=O)[C@H](Cc1ccccc1)NC(=O)[C@H](CCC(N)=O)NC(=O)[C@H](CO)NC(=O)[C@H](C)NC(=O)CN)[C@@H](C)O)C(=O)N[C@@H](CCCCN)C(=O)N[C@@H](CCCNC(=N)N)C(=O)N[C@@H](CCCCN)C(=O)O. The van der Waals surface area contributed by atoms with Crippen molar-refractivity contribution in [1.82, 2.24) is 79.8 Å². The summed E-state index contributed by atoms with van der Waals surface area (Å²) in [5.41, 5.74) is 33.6. The van der Waals surface area contributed by atoms with Crippen molar-refractivity contribution in [3.8, 4) is 0 Å². The molecule has 44 nitrogen and oxygen atoms in total. The smallest absolute Gasteiger partial charge is 0.326 e. The lowest BCUT2D eigenvalue weighted by Crippen LogP contribution is -2.62. The van der Waals surface area contributed by atoms with Gasteiger partial charge in [-0.2, -0.15) is 0 Å². The molecule has 0 bridgehead atoms. The minimum atomic E-state index is -2.05. The van der Waals surface area contributed by atoms with Crippen LogP contribution in [0, 0.1) is 11.3 Å². The maximum absolute atomic E-state index is 14.4. The molecule has 642 valence electrons. The van der Waals surface area contributed by atoms with Crippen LogP contribution in [0.3, 0.4) is 0 Å². The Kier molecular flexibility index (Phi) is 48.7. The maximum Gasteiger partial charge on any atom is 0.326 e. The third kappa shape index (κ3) is 40.1. The average molecular weight is 1620 g/mol. The maximum atomic E-state index is 14.4. The van der Waals surface area contributed by atoms with E-state index in [1.54, 1.807) is 32.0 Å². The topological polar surface area (TPSA) is 752 Å². The van der Waals surface area contributed by atoms with E-state index in [0.29, 0.717) is 37.7 Å². The quantitative estimate of drug-likeness (QED) is 0.0164. The van der Waals surface area contributed by atoms with Crippen LogP contribution in [-0.4, -0.2) is 269 Å². The first kappa shape index (κ1) is 101. The molecule has 0 fully saturated rings. The van der Waals surface area contributed by atoms with Gasteiger partial charge in [0.05, 0.1) is 25.9 Å². The van der Waals surface area contributed by atoms with Crippen LogP contribution >= 0.6 is 0 Å². The molecule has 1 rings (SSSR count). The van der Waals surface area contributed by atoms with Crippen molar-refractivity contribution in [3.05, 3.63) is 35.9 Å². The second-order valence-corrected chi connectivity index (χ2v) is 27.6. The van der Waals surface area contributed by atoms with Crippen LogP contribution in [0.2, 0.25) is 0 Å². The second-order valence-electron chi connectivity index (χ2n) is 27.6. The molecule has 0 aliphatic heterocycles. The number of carboxylic acid groups (broad SMARTS) is 2. The number of unbranched alkanes of at least 4 members (excludes halogenated alkanes) is 3. The number of hydrogen-bond donors (Lipinski definition) is 27. The van der Waals surface area contributed by atoms with E-state index in [9.17, 15) is 107 Å². The van der Waals surface area contributed by atoms with Crippen LogP contribution in [0.15, 0.2) is 30.3 Å². The number of carbonyl (C=O) groups excluding carboxylic acids is 15. The number of carbonyl (C=O) groups is 17. The van der Waals surface area contributed by atoms with E-state index < -0.39 is 237 Å². The van der Waals surface area contributed by atoms with Gasteiger partial charge in [-0.15, -0.1) is 0 Å². The van der Waals surface area contributed by atoms with Gasteiger partial charge in [-0.05, 0) is 149 Å². The second kappa shape index (κ2) is 54.8. The molecule has 0 saturated carbocycles. The molecular weight excluding hydrogens is 1500 g/mol. The molecule has 0 aliphatic carbocycles. The Bertz CT molecular complexity index is 3360. The molecule has 15 atom stereocenters. The predicted molar refractivity (Wildman–Crippen MR) is 409 cm³/mol. The van der Waals surface area contributed by atoms with E-state index in [2.05, 4.69) is 79.8 Å². The minimum absolute atomic E-state index is 0.00728. The van der Waals surface area contributed by atoms with Crippen LogP contribution in [0.25, 0.3) is 0 Å². The Morgan fingerprint density at radius 1 is 0.386 bits per heavy atom. The average Bonchev–Trinajstić information content (AvgIpc) is 0.917. The van der Waals surface area contributed by atoms with Crippen molar-refractivity contribution in [2.75, 3.05) is 45.9 Å². The molecule has 0 radical (unpaired) electrons. The normalized spacial score (nSPS) is 15.0. The van der Waals surface area contributed by atoms with Crippen LogP contribution < -0.4 is 114 Å². The number of aliphatic hydroxyl groups excluding tert-OH is 3. The van der Waals surface area contributed by atoms with Crippen molar-refractivity contribution in [2.24, 2.45) is 40.3 Å². The lowest BCUT2D eigenvalue weighted by molar-refractivity contribution is -0.142. The fourth-order valence-electron chi connectivity index (χ4n) is 10.9. The minimum Gasteiger partial charge on any atom is -0.481 e. The predicted octanol–water partition coefficient (Wildman–Crippen LogP) is -9.69. The summed E-state index contributed by atoms with van der Waals surface area (Å²) in [4.78, 5) is 228. The van der Waals surface area contributed by atoms with E-state index in [-0.39, 0.29) is 89.4 Å². The lowest BCUT2D eigenvalue weighted by Gasteiger charge is -2.28. The molecule has 0 heterocycles. The van der Waals surface area contributed by atoms with Crippen molar-refractivity contribution < 1.29 is 107 Å². The van der Waals surface area contributed by atoms with E-state index >= 15 is 0 Å². The number of hydrogen-bond acceptors (Lipinski definition) is 25. The van der Waals surface area contributed by atoms with Crippen molar-refractivity contribution >= 4 is 107 Å². The molecule has 0 saturated heterocycles. The van der Waals surface area contributed by atoms with Crippen molar-refractivity contribution in [3.63, 3.8) is 0 Å². The zero-order valence-electron chi connectivity index (χ0n) is 65.2. The lowest BCUT2D eigenvalue weighted by atomic mass is 10.0. The van der Waals surface area contributed by atoms with E-state index in [1.807, 2.05) is 0 Å². The summed E-state index contributed by atoms with van der Waals surface area (Å²) >= 11 is 0. The Balaban J connectivity index is 3.45. The number of carboxylic acids is 2. The molecule has 1 aromatic rings. The standard InChI is InChI=1S/C70H120N22O22/c1-36(2)31-48(64(108)84-43(20-11-14-28-72)59(103)83-44(22-16-30-78-70(76)77)60(104)87-47(69(113)114)21-12-15-29-73)88-61(105)42(19-10-13-27-71)82-58(102)39(5)80-56(100)38(4)81-66(110)50(34-93)91-68(112)55(40(6)95)92-63(107)46(24-26-54(98)99)85-65(109)49(32-41-17-8-7-9-18-41)89-62(106)45(23-25-52(75)96)86-67(111)51(35-94)90-57(101)37(3)79-53(97)33-74/h7-9,17-18,36-40,42-51,55,93-95H,10-16,19-35,71-74H2,1-6H3,(H2,75,96)(H,79,97)(H,80,100)(H,81,110)(H,82,102)(H,83,103)(H,84,108)(H,85,109)(H,86,111)(H,87,104)(H,88,105)(H,89,106)(H,90,101)(H,91,112)(H,92,107)(H,98,99)(H,113,114)(H4,76,77,78)/t37-,38-,39-,40+,42-,43-,44-,45-,46-,47-,48-,49-,50-,51-,55-/m0/s1. The Hall–Kier alpha value is -10.8. The van der Waals surface area contributed by atoms with Crippen LogP contribution in [0.5, 0.6) is 0 Å². The molecule has 1 aromatic carbocycles. The Morgan fingerprint density at radius 3 is 1.15 bits per heavy atom. The van der Waals surface area contributed by atoms with Gasteiger partial charge in [0.15, 0.2) is 5.96 Å². The summed E-state index contributed by atoms with van der Waals surface area (Å²) in [6, 6.07) is -14.3. The molecule has 15 amide bonds. The highest BCUT2D eigenvalue weighted by Crippen LogP contribution is 2.14. The molecule has 0 unspecified atom stereocenters. The summed E-state index contributed by atoms with van der Waals surface area (Å²) in [5.74, 6) is -18.9. The number of rotatable bonds is 58. The first-order valence-electron chi connectivity index (χ1n) is 37.6. The summed E-state index contributed by atoms with van der Waals surface area (Å²) in [6.45, 7) is 6.17. The number of primary amides is 1. The number of aliphatic carboxylic acids is 2. The molecule has 0 aliphatic rings. The van der Waals surface area contributed by atoms with E-state index in [0.717, 1.165) is 13.8 Å². The summed E-state index contributed by atoms with van der Waals surface area (Å²) < 4.78 is 0. The van der Waals surface area contributed by atoms with Crippen LogP contribution in [-0.2, 0) is 87.9 Å². The number of aliphatic hydroxyl groups is 3. The fourth-order valence-corrected chi connectivity index (χ4v) is 10.9. The number of guanidine groups is 1. The van der Waals surface area contributed by atoms with Crippen LogP contribution in [0.1, 0.15) is 150 Å². The Labute approximate surface area is 659 Å². The third-order valence-corrected chi connectivity index (χ3v) is 17.3. The van der Waals surface area contributed by atoms with E-state index in [4.69, 9.17) is 39.8 Å². The van der Waals surface area contributed by atoms with E-state index in [1.165, 1.54) is 26.0 Å². The van der Waals surface area contributed by atoms with Gasteiger partial charge in [-0.1, -0.05) is 44.2 Å². The molecule has 114 heavy (non-hydrogen) atoms. The third-order valence-electron chi connectivity index (χ3n) is 17.3. The van der Waals surface area contributed by atoms with Gasteiger partial charge < -0.3 is 140 Å². The molecular formula is C70H120N22O22. The van der Waals surface area contributed by atoms with Gasteiger partial charge >= 0.3 is 11.9 Å².